The summed E-state index contributed by atoms with van der Waals surface area (Å²) in [6.45, 7) is 4.23. The van der Waals surface area contributed by atoms with E-state index in [1.165, 1.54) is 0 Å². The van der Waals surface area contributed by atoms with Gasteiger partial charge in [0.1, 0.15) is 0 Å². The van der Waals surface area contributed by atoms with Gasteiger partial charge in [-0.15, -0.1) is 0 Å². The van der Waals surface area contributed by atoms with Gasteiger partial charge < -0.3 is 10.4 Å². The first-order chi connectivity index (χ1) is 9.92. The van der Waals surface area contributed by atoms with Crippen LogP contribution in [0.15, 0.2) is 18.2 Å². The molecule has 112 valence electrons. The molecule has 0 atom stereocenters. The van der Waals surface area contributed by atoms with E-state index >= 15 is 0 Å². The number of aryl methyl sites for hydroxylation is 1. The second-order valence-corrected chi connectivity index (χ2v) is 5.34. The summed E-state index contributed by atoms with van der Waals surface area (Å²) in [5.74, 6) is -0.850. The summed E-state index contributed by atoms with van der Waals surface area (Å²) in [6.07, 6.45) is -0.00983. The van der Waals surface area contributed by atoms with Gasteiger partial charge in [0.2, 0.25) is 0 Å². The maximum absolute atomic E-state index is 10.9. The van der Waals surface area contributed by atoms with E-state index in [0.717, 1.165) is 28.2 Å². The number of anilines is 1. The molecule has 21 heavy (non-hydrogen) atoms. The van der Waals surface area contributed by atoms with Crippen molar-refractivity contribution >= 4 is 23.3 Å². The van der Waals surface area contributed by atoms with Gasteiger partial charge in [-0.3, -0.25) is 9.48 Å². The zero-order valence-electron chi connectivity index (χ0n) is 12.3. The minimum absolute atomic E-state index is 0.00983. The molecule has 2 aromatic rings. The van der Waals surface area contributed by atoms with Crippen LogP contribution in [-0.4, -0.2) is 27.9 Å². The molecule has 0 saturated carbocycles. The van der Waals surface area contributed by atoms with Crippen molar-refractivity contribution in [2.75, 3.05) is 12.4 Å². The van der Waals surface area contributed by atoms with E-state index in [2.05, 4.69) is 10.4 Å². The summed E-state index contributed by atoms with van der Waals surface area (Å²) in [5, 5.41) is 17.1. The van der Waals surface area contributed by atoms with Crippen LogP contribution in [0.3, 0.4) is 0 Å². The molecule has 0 bridgehead atoms. The number of nitrogens with one attached hydrogen (secondary N) is 1. The van der Waals surface area contributed by atoms with E-state index in [-0.39, 0.29) is 6.42 Å². The van der Waals surface area contributed by atoms with Crippen molar-refractivity contribution in [2.45, 2.75) is 26.8 Å². The maximum atomic E-state index is 10.9. The molecule has 6 heteroatoms. The van der Waals surface area contributed by atoms with Gasteiger partial charge in [0, 0.05) is 29.0 Å². The molecule has 2 rings (SSSR count). The van der Waals surface area contributed by atoms with Crippen molar-refractivity contribution in [1.29, 1.82) is 0 Å². The van der Waals surface area contributed by atoms with Gasteiger partial charge in [-0.2, -0.15) is 5.10 Å². The molecular weight excluding hydrogens is 290 g/mol. The van der Waals surface area contributed by atoms with Gasteiger partial charge in [0.15, 0.2) is 0 Å². The number of aliphatic carboxylic acids is 1. The van der Waals surface area contributed by atoms with Crippen molar-refractivity contribution in [1.82, 2.24) is 9.78 Å². The van der Waals surface area contributed by atoms with Crippen molar-refractivity contribution in [3.63, 3.8) is 0 Å². The largest absolute Gasteiger partial charge is 0.481 e. The molecule has 0 aliphatic heterocycles. The Bertz CT molecular complexity index is 680. The van der Waals surface area contributed by atoms with E-state index in [1.54, 1.807) is 4.68 Å². The van der Waals surface area contributed by atoms with Crippen LogP contribution in [0.4, 0.5) is 5.69 Å². The monoisotopic (exact) mass is 307 g/mol. The zero-order valence-corrected chi connectivity index (χ0v) is 13.0. The molecule has 1 aromatic heterocycles. The number of halogens is 1. The van der Waals surface area contributed by atoms with Crippen LogP contribution in [0.25, 0.3) is 0 Å². The molecule has 0 amide bonds. The topological polar surface area (TPSA) is 67.2 Å². The first-order valence-corrected chi connectivity index (χ1v) is 7.01. The SMILES string of the molecule is CNc1ccc(Cn2nc(C)c(CC(=O)O)c2C)c(Cl)c1. The van der Waals surface area contributed by atoms with E-state index < -0.39 is 5.97 Å². The third-order valence-corrected chi connectivity index (χ3v) is 3.87. The van der Waals surface area contributed by atoms with E-state index in [4.69, 9.17) is 16.7 Å². The van der Waals surface area contributed by atoms with E-state index in [1.807, 2.05) is 39.1 Å². The molecule has 0 saturated heterocycles. The number of benzene rings is 1. The lowest BCUT2D eigenvalue weighted by Gasteiger charge is -2.09. The normalized spacial score (nSPS) is 10.7. The minimum Gasteiger partial charge on any atom is -0.481 e. The second-order valence-electron chi connectivity index (χ2n) is 4.93. The summed E-state index contributed by atoms with van der Waals surface area (Å²) in [4.78, 5) is 10.9. The molecule has 1 aromatic carbocycles. The van der Waals surface area contributed by atoms with E-state index in [9.17, 15) is 4.79 Å². The van der Waals surface area contributed by atoms with Crippen LogP contribution >= 0.6 is 11.6 Å². The summed E-state index contributed by atoms with van der Waals surface area (Å²) in [5.41, 5.74) is 4.28. The fourth-order valence-electron chi connectivity index (χ4n) is 2.29. The number of hydrogen-bond acceptors (Lipinski definition) is 3. The molecule has 5 nitrogen and oxygen atoms in total. The van der Waals surface area contributed by atoms with Crippen LogP contribution < -0.4 is 5.32 Å². The Morgan fingerprint density at radius 1 is 1.43 bits per heavy atom. The quantitative estimate of drug-likeness (QED) is 0.891. The number of nitrogens with zero attached hydrogens (tertiary/aromatic N) is 2. The number of carboxylic acid groups (broad SMARTS) is 1. The third-order valence-electron chi connectivity index (χ3n) is 3.52. The molecular formula is C15H18ClN3O2. The van der Waals surface area contributed by atoms with Crippen LogP contribution in [0, 0.1) is 13.8 Å². The first-order valence-electron chi connectivity index (χ1n) is 6.63. The van der Waals surface area contributed by atoms with Gasteiger partial charge in [0.05, 0.1) is 18.7 Å². The Labute approximate surface area is 128 Å². The van der Waals surface area contributed by atoms with Gasteiger partial charge in [-0.1, -0.05) is 17.7 Å². The maximum Gasteiger partial charge on any atom is 0.307 e. The first kappa shape index (κ1) is 15.4. The highest BCUT2D eigenvalue weighted by atomic mass is 35.5. The predicted molar refractivity (Wildman–Crippen MR) is 83.1 cm³/mol. The lowest BCUT2D eigenvalue weighted by molar-refractivity contribution is -0.136. The summed E-state index contributed by atoms with van der Waals surface area (Å²) in [6, 6.07) is 5.76. The Kier molecular flexibility index (Phi) is 4.53. The van der Waals surface area contributed by atoms with Crippen LogP contribution in [0.1, 0.15) is 22.5 Å². The average molecular weight is 308 g/mol. The van der Waals surface area contributed by atoms with Gasteiger partial charge in [-0.05, 0) is 31.5 Å². The van der Waals surface area contributed by atoms with Crippen LogP contribution in [-0.2, 0) is 17.8 Å². The smallest absolute Gasteiger partial charge is 0.307 e. The summed E-state index contributed by atoms with van der Waals surface area (Å²) in [7, 11) is 1.84. The minimum atomic E-state index is -0.850. The Hall–Kier alpha value is -2.01. The van der Waals surface area contributed by atoms with Crippen molar-refractivity contribution < 1.29 is 9.90 Å². The standard InChI is InChI=1S/C15H18ClN3O2/c1-9-13(7-15(20)21)10(2)19(18-9)8-11-4-5-12(17-3)6-14(11)16/h4-6,17H,7-8H2,1-3H3,(H,20,21). The zero-order chi connectivity index (χ0) is 15.6. The molecule has 0 radical (unpaired) electrons. The highest BCUT2D eigenvalue weighted by molar-refractivity contribution is 6.31. The molecule has 2 N–H and O–H groups in total. The highest BCUT2D eigenvalue weighted by Crippen LogP contribution is 2.23. The van der Waals surface area contributed by atoms with Crippen molar-refractivity contribution in [3.8, 4) is 0 Å². The summed E-state index contributed by atoms with van der Waals surface area (Å²) >= 11 is 6.27. The van der Waals surface area contributed by atoms with Crippen molar-refractivity contribution in [2.24, 2.45) is 0 Å². The van der Waals surface area contributed by atoms with Gasteiger partial charge in [-0.25, -0.2) is 0 Å². The van der Waals surface area contributed by atoms with Gasteiger partial charge >= 0.3 is 5.97 Å². The van der Waals surface area contributed by atoms with Gasteiger partial charge in [0.25, 0.3) is 0 Å². The third kappa shape index (κ3) is 3.36. The molecule has 1 heterocycles. The lowest BCUT2D eigenvalue weighted by atomic mass is 10.1. The average Bonchev–Trinajstić information content (AvgIpc) is 2.68. The number of aromatic nitrogens is 2. The fourth-order valence-corrected chi connectivity index (χ4v) is 2.53. The van der Waals surface area contributed by atoms with Crippen LogP contribution in [0.2, 0.25) is 5.02 Å². The second kappa shape index (κ2) is 6.18. The number of hydrogen-bond donors (Lipinski definition) is 2. The molecule has 0 aliphatic rings. The Morgan fingerprint density at radius 3 is 2.71 bits per heavy atom. The Balaban J connectivity index is 2.30. The molecule has 0 unspecified atom stereocenters. The van der Waals surface area contributed by atoms with Crippen molar-refractivity contribution in [3.05, 3.63) is 45.7 Å². The number of carbonyl (C=O) groups is 1. The lowest BCUT2D eigenvalue weighted by Crippen LogP contribution is -2.06. The summed E-state index contributed by atoms with van der Waals surface area (Å²) < 4.78 is 1.80. The molecule has 0 spiro atoms. The molecule has 0 fully saturated rings. The fraction of sp³-hybridized carbons (Fsp3) is 0.333. The van der Waals surface area contributed by atoms with E-state index in [0.29, 0.717) is 11.6 Å². The van der Waals surface area contributed by atoms with Crippen LogP contribution in [0.5, 0.6) is 0 Å². The number of carboxylic acids is 1. The number of rotatable bonds is 5. The highest BCUT2D eigenvalue weighted by Gasteiger charge is 2.15. The Morgan fingerprint density at radius 2 is 2.14 bits per heavy atom. The predicted octanol–water partition coefficient (Wildman–Crippen LogP) is 2.87. The molecule has 0 aliphatic carbocycles.